The molecule has 0 amide bonds. The van der Waals surface area contributed by atoms with Gasteiger partial charge in [-0.3, -0.25) is 0 Å². The maximum atomic E-state index is 11.9. The summed E-state index contributed by atoms with van der Waals surface area (Å²) in [6, 6.07) is 0. The molecule has 0 aliphatic rings. The van der Waals surface area contributed by atoms with E-state index in [1.165, 1.54) is 0 Å². The van der Waals surface area contributed by atoms with Crippen molar-refractivity contribution in [3.8, 4) is 0 Å². The van der Waals surface area contributed by atoms with Crippen LogP contribution in [0.2, 0.25) is 0 Å². The Kier molecular flexibility index (Phi) is 6.71. The summed E-state index contributed by atoms with van der Waals surface area (Å²) >= 11 is 0. The van der Waals surface area contributed by atoms with Crippen LogP contribution in [0.3, 0.4) is 0 Å². The normalized spacial score (nSPS) is 17.0. The number of rotatable bonds is 7. The summed E-state index contributed by atoms with van der Waals surface area (Å²) in [5, 5.41) is 10.3. The van der Waals surface area contributed by atoms with Crippen LogP contribution in [0.25, 0.3) is 0 Å². The summed E-state index contributed by atoms with van der Waals surface area (Å²) in [5.41, 5.74) is -1.19. The molecule has 0 saturated heterocycles. The first-order valence-electron chi connectivity index (χ1n) is 7.36. The van der Waals surface area contributed by atoms with E-state index in [0.29, 0.717) is 6.42 Å². The van der Waals surface area contributed by atoms with Crippen LogP contribution in [0.15, 0.2) is 0 Å². The quantitative estimate of drug-likeness (QED) is 0.711. The van der Waals surface area contributed by atoms with Crippen LogP contribution < -0.4 is 4.72 Å². The van der Waals surface area contributed by atoms with Gasteiger partial charge in [0.25, 0.3) is 0 Å². The van der Waals surface area contributed by atoms with E-state index >= 15 is 0 Å². The molecule has 0 aliphatic carbocycles. The number of unbranched alkanes of at least 4 members (excludes halogenated alkanes) is 1. The van der Waals surface area contributed by atoms with Crippen molar-refractivity contribution in [2.45, 2.75) is 73.3 Å². The highest BCUT2D eigenvalue weighted by molar-refractivity contribution is 7.89. The van der Waals surface area contributed by atoms with E-state index in [1.807, 2.05) is 20.8 Å². The molecule has 0 aromatic carbocycles. The van der Waals surface area contributed by atoms with Crippen LogP contribution in [0.1, 0.15) is 67.7 Å². The molecule has 4 nitrogen and oxygen atoms in total. The molecule has 5 heteroatoms. The zero-order valence-electron chi connectivity index (χ0n) is 14.2. The third kappa shape index (κ3) is 8.22. The Labute approximate surface area is 125 Å². The average Bonchev–Trinajstić information content (AvgIpc) is 2.19. The van der Waals surface area contributed by atoms with Crippen molar-refractivity contribution in [1.82, 2.24) is 4.72 Å². The molecule has 2 N–H and O–H groups in total. The Balaban J connectivity index is 4.22. The summed E-state index contributed by atoms with van der Waals surface area (Å²) in [6.45, 7) is 13.9. The molecule has 0 bridgehead atoms. The molecular weight excluding hydrogens is 274 g/mol. The second-order valence-electron chi connectivity index (χ2n) is 8.18. The zero-order valence-corrected chi connectivity index (χ0v) is 15.0. The highest BCUT2D eigenvalue weighted by Gasteiger charge is 2.35. The molecule has 0 aliphatic heterocycles. The zero-order chi connectivity index (χ0) is 16.2. The number of nitrogens with one attached hydrogen (secondary N) is 1. The van der Waals surface area contributed by atoms with Crippen molar-refractivity contribution in [3.63, 3.8) is 0 Å². The van der Waals surface area contributed by atoms with Gasteiger partial charge in [-0.25, -0.2) is 13.1 Å². The molecule has 0 spiro atoms. The summed E-state index contributed by atoms with van der Waals surface area (Å²) in [7, 11) is -3.30. The van der Waals surface area contributed by atoms with Crippen LogP contribution in [0.5, 0.6) is 0 Å². The smallest absolute Gasteiger partial charge is 0.211 e. The molecule has 1 atom stereocenters. The fourth-order valence-electron chi connectivity index (χ4n) is 1.54. The van der Waals surface area contributed by atoms with Gasteiger partial charge in [0, 0.05) is 6.54 Å². The molecule has 20 heavy (non-hydrogen) atoms. The molecule has 0 rings (SSSR count). The van der Waals surface area contributed by atoms with E-state index in [4.69, 9.17) is 0 Å². The van der Waals surface area contributed by atoms with Gasteiger partial charge in [-0.1, -0.05) is 48.0 Å². The lowest BCUT2D eigenvalue weighted by molar-refractivity contribution is -0.0355. The predicted molar refractivity (Wildman–Crippen MR) is 85.2 cm³/mol. The van der Waals surface area contributed by atoms with Crippen molar-refractivity contribution in [2.75, 3.05) is 12.3 Å². The van der Waals surface area contributed by atoms with Crippen LogP contribution in [-0.4, -0.2) is 31.4 Å². The van der Waals surface area contributed by atoms with Crippen LogP contribution >= 0.6 is 0 Å². The van der Waals surface area contributed by atoms with Gasteiger partial charge < -0.3 is 5.11 Å². The van der Waals surface area contributed by atoms with Gasteiger partial charge in [0.15, 0.2) is 0 Å². The second kappa shape index (κ2) is 6.75. The largest absolute Gasteiger partial charge is 0.388 e. The minimum atomic E-state index is -3.30. The van der Waals surface area contributed by atoms with Crippen LogP contribution in [0, 0.1) is 10.8 Å². The first-order chi connectivity index (χ1) is 8.66. The fourth-order valence-corrected chi connectivity index (χ4v) is 2.76. The number of aliphatic hydroxyl groups is 1. The van der Waals surface area contributed by atoms with Crippen molar-refractivity contribution in [1.29, 1.82) is 0 Å². The van der Waals surface area contributed by atoms with E-state index < -0.39 is 15.6 Å². The summed E-state index contributed by atoms with van der Waals surface area (Å²) < 4.78 is 26.3. The SMILES string of the molecule is CC(C)(C)CCCCS(=O)(=O)NCC(C)(O)C(C)(C)C. The van der Waals surface area contributed by atoms with Crippen LogP contribution in [0.4, 0.5) is 0 Å². The van der Waals surface area contributed by atoms with E-state index in [2.05, 4.69) is 25.5 Å². The Morgan fingerprint density at radius 1 is 0.950 bits per heavy atom. The van der Waals surface area contributed by atoms with E-state index in [9.17, 15) is 13.5 Å². The number of sulfonamides is 1. The van der Waals surface area contributed by atoms with E-state index in [-0.39, 0.29) is 23.1 Å². The topological polar surface area (TPSA) is 66.4 Å². The Hall–Kier alpha value is -0.130. The molecule has 1 unspecified atom stereocenters. The highest BCUT2D eigenvalue weighted by atomic mass is 32.2. The Morgan fingerprint density at radius 3 is 1.85 bits per heavy atom. The van der Waals surface area contributed by atoms with Crippen molar-refractivity contribution in [2.24, 2.45) is 10.8 Å². The van der Waals surface area contributed by atoms with Gasteiger partial charge >= 0.3 is 0 Å². The third-order valence-corrected chi connectivity index (χ3v) is 5.25. The monoisotopic (exact) mass is 307 g/mol. The molecule has 0 heterocycles. The summed E-state index contributed by atoms with van der Waals surface area (Å²) in [6.07, 6.45) is 2.58. The van der Waals surface area contributed by atoms with Crippen LogP contribution in [-0.2, 0) is 10.0 Å². The maximum Gasteiger partial charge on any atom is 0.211 e. The minimum Gasteiger partial charge on any atom is -0.388 e. The third-order valence-electron chi connectivity index (χ3n) is 3.84. The molecule has 0 aromatic heterocycles. The minimum absolute atomic E-state index is 0.0537. The van der Waals surface area contributed by atoms with Crippen molar-refractivity contribution in [3.05, 3.63) is 0 Å². The Bertz CT molecular complexity index is 386. The van der Waals surface area contributed by atoms with Gasteiger partial charge in [-0.05, 0) is 30.6 Å². The lowest BCUT2D eigenvalue weighted by Crippen LogP contribution is -2.49. The average molecular weight is 308 g/mol. The second-order valence-corrected chi connectivity index (χ2v) is 10.1. The van der Waals surface area contributed by atoms with E-state index in [1.54, 1.807) is 6.92 Å². The van der Waals surface area contributed by atoms with Gasteiger partial charge in [-0.15, -0.1) is 0 Å². The maximum absolute atomic E-state index is 11.9. The lowest BCUT2D eigenvalue weighted by atomic mass is 9.78. The van der Waals surface area contributed by atoms with Gasteiger partial charge in [-0.2, -0.15) is 0 Å². The molecule has 122 valence electrons. The molecule has 0 saturated carbocycles. The first kappa shape index (κ1) is 19.9. The number of hydrogen-bond donors (Lipinski definition) is 2. The fraction of sp³-hybridized carbons (Fsp3) is 1.00. The van der Waals surface area contributed by atoms with Gasteiger partial charge in [0.1, 0.15) is 0 Å². The van der Waals surface area contributed by atoms with Crippen molar-refractivity contribution < 1.29 is 13.5 Å². The standard InChI is InChI=1S/C15H33NO3S/c1-13(2,3)10-8-9-11-20(18,19)16-12-15(7,17)14(4,5)6/h16-17H,8-12H2,1-7H3. The highest BCUT2D eigenvalue weighted by Crippen LogP contribution is 2.29. The first-order valence-corrected chi connectivity index (χ1v) is 9.01. The molecular formula is C15H33NO3S. The van der Waals surface area contributed by atoms with Gasteiger partial charge in [0.2, 0.25) is 10.0 Å². The van der Waals surface area contributed by atoms with Crippen molar-refractivity contribution >= 4 is 10.0 Å². The molecule has 0 radical (unpaired) electrons. The lowest BCUT2D eigenvalue weighted by Gasteiger charge is -2.37. The Morgan fingerprint density at radius 2 is 1.45 bits per heavy atom. The summed E-state index contributed by atoms with van der Waals surface area (Å²) in [4.78, 5) is 0. The molecule has 0 aromatic rings. The summed E-state index contributed by atoms with van der Waals surface area (Å²) in [5.74, 6) is 0.128. The van der Waals surface area contributed by atoms with Gasteiger partial charge in [0.05, 0.1) is 11.4 Å². The predicted octanol–water partition coefficient (Wildman–Crippen LogP) is 2.92. The molecule has 0 fully saturated rings. The number of hydrogen-bond acceptors (Lipinski definition) is 3. The van der Waals surface area contributed by atoms with E-state index in [0.717, 1.165) is 12.8 Å².